The Morgan fingerprint density at radius 3 is 2.55 bits per heavy atom. The summed E-state index contributed by atoms with van der Waals surface area (Å²) in [6.45, 7) is 7.38. The fourth-order valence-electron chi connectivity index (χ4n) is 2.97. The largest absolute Gasteiger partial charge is 0.356 e. The molecular formula is C18H26N2O2. The van der Waals surface area contributed by atoms with Crippen LogP contribution in [0.5, 0.6) is 0 Å². The molecule has 4 nitrogen and oxygen atoms in total. The second kappa shape index (κ2) is 7.43. The van der Waals surface area contributed by atoms with Crippen LogP contribution < -0.4 is 10.2 Å². The van der Waals surface area contributed by atoms with Crippen LogP contribution in [0.15, 0.2) is 18.2 Å². The van der Waals surface area contributed by atoms with E-state index in [2.05, 4.69) is 18.3 Å². The summed E-state index contributed by atoms with van der Waals surface area (Å²) in [4.78, 5) is 26.2. The summed E-state index contributed by atoms with van der Waals surface area (Å²) in [6, 6.07) is 6.10. The molecule has 4 heteroatoms. The number of carbonyl (C=O) groups is 2. The van der Waals surface area contributed by atoms with Gasteiger partial charge in [-0.15, -0.1) is 0 Å². The lowest BCUT2D eigenvalue weighted by Crippen LogP contribution is -2.33. The first-order valence-corrected chi connectivity index (χ1v) is 8.17. The molecule has 0 radical (unpaired) electrons. The molecule has 1 atom stereocenters. The summed E-state index contributed by atoms with van der Waals surface area (Å²) >= 11 is 0. The van der Waals surface area contributed by atoms with Crippen molar-refractivity contribution in [3.63, 3.8) is 0 Å². The second-order valence-electron chi connectivity index (χ2n) is 6.25. The number of amides is 2. The maximum Gasteiger partial charge on any atom is 0.227 e. The van der Waals surface area contributed by atoms with Gasteiger partial charge in [0.05, 0.1) is 5.92 Å². The maximum absolute atomic E-state index is 12.2. The highest BCUT2D eigenvalue weighted by molar-refractivity contribution is 6.00. The van der Waals surface area contributed by atoms with Gasteiger partial charge in [-0.25, -0.2) is 0 Å². The molecule has 1 unspecified atom stereocenters. The summed E-state index contributed by atoms with van der Waals surface area (Å²) < 4.78 is 0. The molecule has 0 aliphatic carbocycles. The van der Waals surface area contributed by atoms with Crippen LogP contribution in [0.4, 0.5) is 5.69 Å². The molecule has 1 aliphatic heterocycles. The molecule has 22 heavy (non-hydrogen) atoms. The number of aryl methyl sites for hydroxylation is 2. The summed E-state index contributed by atoms with van der Waals surface area (Å²) in [5, 5.41) is 2.96. The number of carbonyl (C=O) groups excluding carboxylic acids is 2. The van der Waals surface area contributed by atoms with E-state index >= 15 is 0 Å². The summed E-state index contributed by atoms with van der Waals surface area (Å²) in [6.07, 6.45) is 3.58. The normalized spacial score (nSPS) is 17.9. The van der Waals surface area contributed by atoms with Crippen LogP contribution in [0.2, 0.25) is 0 Å². The number of rotatable bonds is 6. The zero-order valence-corrected chi connectivity index (χ0v) is 13.8. The Labute approximate surface area is 132 Å². The number of hydrogen-bond donors (Lipinski definition) is 1. The Kier molecular flexibility index (Phi) is 5.58. The molecular weight excluding hydrogens is 276 g/mol. The highest BCUT2D eigenvalue weighted by Crippen LogP contribution is 2.27. The highest BCUT2D eigenvalue weighted by Gasteiger charge is 2.35. The van der Waals surface area contributed by atoms with Crippen molar-refractivity contribution in [2.45, 2.75) is 46.5 Å². The third-order valence-corrected chi connectivity index (χ3v) is 4.09. The third kappa shape index (κ3) is 4.09. The van der Waals surface area contributed by atoms with Crippen molar-refractivity contribution >= 4 is 17.5 Å². The van der Waals surface area contributed by atoms with Gasteiger partial charge in [0, 0.05) is 25.2 Å². The molecule has 1 fully saturated rings. The Balaban J connectivity index is 1.97. The van der Waals surface area contributed by atoms with Crippen molar-refractivity contribution in [3.05, 3.63) is 29.3 Å². The van der Waals surface area contributed by atoms with Crippen molar-refractivity contribution in [2.75, 3.05) is 18.0 Å². The minimum Gasteiger partial charge on any atom is -0.356 e. The quantitative estimate of drug-likeness (QED) is 0.821. The monoisotopic (exact) mass is 302 g/mol. The van der Waals surface area contributed by atoms with Crippen molar-refractivity contribution < 1.29 is 9.59 Å². The molecule has 1 N–H and O–H groups in total. The minimum atomic E-state index is -0.227. The molecule has 2 amide bonds. The van der Waals surface area contributed by atoms with Crippen molar-refractivity contribution in [1.29, 1.82) is 0 Å². The van der Waals surface area contributed by atoms with Crippen LogP contribution in [0.1, 0.15) is 43.7 Å². The van der Waals surface area contributed by atoms with Crippen LogP contribution in [0.3, 0.4) is 0 Å². The maximum atomic E-state index is 12.2. The van der Waals surface area contributed by atoms with E-state index in [9.17, 15) is 9.59 Å². The van der Waals surface area contributed by atoms with Gasteiger partial charge in [0.1, 0.15) is 0 Å². The van der Waals surface area contributed by atoms with E-state index in [-0.39, 0.29) is 17.7 Å². The predicted octanol–water partition coefficient (Wildman–Crippen LogP) is 2.96. The van der Waals surface area contributed by atoms with Gasteiger partial charge in [0.15, 0.2) is 0 Å². The number of nitrogens with zero attached hydrogens (tertiary/aromatic N) is 1. The van der Waals surface area contributed by atoms with Gasteiger partial charge in [0.25, 0.3) is 0 Å². The first-order chi connectivity index (χ1) is 10.5. The molecule has 0 aromatic heterocycles. The molecule has 2 rings (SSSR count). The zero-order chi connectivity index (χ0) is 16.1. The minimum absolute atomic E-state index is 0.0105. The van der Waals surface area contributed by atoms with Crippen molar-refractivity contribution in [1.82, 2.24) is 5.32 Å². The molecule has 120 valence electrons. The fourth-order valence-corrected chi connectivity index (χ4v) is 2.97. The van der Waals surface area contributed by atoms with E-state index in [4.69, 9.17) is 0 Å². The van der Waals surface area contributed by atoms with Crippen LogP contribution in [-0.4, -0.2) is 24.9 Å². The van der Waals surface area contributed by atoms with Gasteiger partial charge in [-0.1, -0.05) is 25.8 Å². The van der Waals surface area contributed by atoms with E-state index in [1.165, 1.54) is 0 Å². The van der Waals surface area contributed by atoms with E-state index < -0.39 is 0 Å². The third-order valence-electron chi connectivity index (χ3n) is 4.09. The average Bonchev–Trinajstić information content (AvgIpc) is 2.84. The van der Waals surface area contributed by atoms with Gasteiger partial charge in [-0.3, -0.25) is 9.59 Å². The zero-order valence-electron chi connectivity index (χ0n) is 13.8. The predicted molar refractivity (Wildman–Crippen MR) is 88.9 cm³/mol. The summed E-state index contributed by atoms with van der Waals surface area (Å²) in [5.74, 6) is -0.176. The first-order valence-electron chi connectivity index (χ1n) is 8.17. The molecule has 1 aromatic carbocycles. The van der Waals surface area contributed by atoms with Gasteiger partial charge in [-0.05, 0) is 43.5 Å². The van der Waals surface area contributed by atoms with E-state index in [1.54, 1.807) is 4.90 Å². The SMILES string of the molecule is CCCCCNC(=O)C1CC(=O)N(c2cc(C)cc(C)c2)C1. The highest BCUT2D eigenvalue weighted by atomic mass is 16.2. The van der Waals surface area contributed by atoms with Crippen LogP contribution in [0.25, 0.3) is 0 Å². The molecule has 0 saturated carbocycles. The second-order valence-corrected chi connectivity index (χ2v) is 6.25. The Morgan fingerprint density at radius 1 is 1.23 bits per heavy atom. The topological polar surface area (TPSA) is 49.4 Å². The fraction of sp³-hybridized carbons (Fsp3) is 0.556. The lowest BCUT2D eigenvalue weighted by Gasteiger charge is -2.18. The molecule has 1 heterocycles. The number of benzene rings is 1. The molecule has 1 aromatic rings. The Hall–Kier alpha value is -1.84. The van der Waals surface area contributed by atoms with Gasteiger partial charge in [-0.2, -0.15) is 0 Å². The number of anilines is 1. The molecule has 1 aliphatic rings. The van der Waals surface area contributed by atoms with E-state index in [1.807, 2.05) is 26.0 Å². The lowest BCUT2D eigenvalue weighted by molar-refractivity contribution is -0.126. The summed E-state index contributed by atoms with van der Waals surface area (Å²) in [5.41, 5.74) is 3.18. The number of nitrogens with one attached hydrogen (secondary N) is 1. The standard InChI is InChI=1S/C18H26N2O2/c1-4-5-6-7-19-18(22)15-11-17(21)20(12-15)16-9-13(2)8-14(3)10-16/h8-10,15H,4-7,11-12H2,1-3H3,(H,19,22). The van der Waals surface area contributed by atoms with Crippen molar-refractivity contribution in [3.8, 4) is 0 Å². The lowest BCUT2D eigenvalue weighted by atomic mass is 10.1. The number of unbranched alkanes of at least 4 members (excludes halogenated alkanes) is 2. The van der Waals surface area contributed by atoms with E-state index in [0.717, 1.165) is 36.1 Å². The molecule has 0 spiro atoms. The van der Waals surface area contributed by atoms with Crippen LogP contribution in [-0.2, 0) is 9.59 Å². The van der Waals surface area contributed by atoms with Gasteiger partial charge < -0.3 is 10.2 Å². The number of hydrogen-bond acceptors (Lipinski definition) is 2. The smallest absolute Gasteiger partial charge is 0.227 e. The first kappa shape index (κ1) is 16.5. The Morgan fingerprint density at radius 2 is 1.91 bits per heavy atom. The summed E-state index contributed by atoms with van der Waals surface area (Å²) in [7, 11) is 0. The average molecular weight is 302 g/mol. The van der Waals surface area contributed by atoms with Crippen molar-refractivity contribution in [2.24, 2.45) is 5.92 Å². The molecule has 1 saturated heterocycles. The van der Waals surface area contributed by atoms with Crippen LogP contribution >= 0.6 is 0 Å². The molecule has 0 bridgehead atoms. The van der Waals surface area contributed by atoms with Gasteiger partial charge in [0.2, 0.25) is 11.8 Å². The van der Waals surface area contributed by atoms with Gasteiger partial charge >= 0.3 is 0 Å². The Bertz CT molecular complexity index is 534. The van der Waals surface area contributed by atoms with Crippen LogP contribution in [0, 0.1) is 19.8 Å². The van der Waals surface area contributed by atoms with E-state index in [0.29, 0.717) is 19.5 Å².